The Kier molecular flexibility index (Phi) is 5.86. The summed E-state index contributed by atoms with van der Waals surface area (Å²) >= 11 is 6.33. The Labute approximate surface area is 189 Å². The first-order chi connectivity index (χ1) is 15.3. The summed E-state index contributed by atoms with van der Waals surface area (Å²) in [5.41, 5.74) is 7.03. The number of halogens is 1. The molecule has 0 aliphatic rings. The summed E-state index contributed by atoms with van der Waals surface area (Å²) in [6.45, 7) is 2.92. The fourth-order valence-electron chi connectivity index (χ4n) is 3.73. The van der Waals surface area contributed by atoms with E-state index < -0.39 is 11.9 Å². The molecule has 3 heterocycles. The molecule has 4 aromatic rings. The SMILES string of the molecule is C[C@H](NC(=O)c1c(N)nn2cccnc12)c1cc2cccc(Cl)c2c(=O)n1CCN(C)C. The molecular weight excluding hydrogens is 430 g/mol. The van der Waals surface area contributed by atoms with Gasteiger partial charge in [-0.2, -0.15) is 0 Å². The normalized spacial score (nSPS) is 12.5. The fraction of sp³-hybridized carbons (Fsp3) is 0.273. The predicted molar refractivity (Wildman–Crippen MR) is 125 cm³/mol. The summed E-state index contributed by atoms with van der Waals surface area (Å²) in [7, 11) is 3.87. The Morgan fingerprint density at radius 2 is 2.09 bits per heavy atom. The van der Waals surface area contributed by atoms with Crippen molar-refractivity contribution in [1.29, 1.82) is 0 Å². The number of nitrogen functional groups attached to an aromatic ring is 1. The summed E-state index contributed by atoms with van der Waals surface area (Å²) in [5.74, 6) is -0.329. The van der Waals surface area contributed by atoms with Crippen molar-refractivity contribution in [2.75, 3.05) is 26.4 Å². The number of rotatable bonds is 6. The monoisotopic (exact) mass is 453 g/mol. The summed E-state index contributed by atoms with van der Waals surface area (Å²) in [6.07, 6.45) is 3.24. The number of nitrogens with one attached hydrogen (secondary N) is 1. The molecule has 0 radical (unpaired) electrons. The number of nitrogens with zero attached hydrogens (tertiary/aromatic N) is 5. The van der Waals surface area contributed by atoms with E-state index in [1.54, 1.807) is 35.2 Å². The van der Waals surface area contributed by atoms with Crippen LogP contribution in [0.5, 0.6) is 0 Å². The molecule has 0 fully saturated rings. The summed E-state index contributed by atoms with van der Waals surface area (Å²) in [6, 6.07) is 8.44. The van der Waals surface area contributed by atoms with Gasteiger partial charge in [-0.15, -0.1) is 5.10 Å². The Morgan fingerprint density at radius 1 is 1.31 bits per heavy atom. The average Bonchev–Trinajstić information content (AvgIpc) is 3.08. The van der Waals surface area contributed by atoms with Crippen LogP contribution in [0.15, 0.2) is 47.5 Å². The van der Waals surface area contributed by atoms with Crippen LogP contribution >= 0.6 is 11.6 Å². The van der Waals surface area contributed by atoms with E-state index in [9.17, 15) is 9.59 Å². The van der Waals surface area contributed by atoms with Crippen LogP contribution < -0.4 is 16.6 Å². The van der Waals surface area contributed by atoms with E-state index in [1.807, 2.05) is 38.1 Å². The summed E-state index contributed by atoms with van der Waals surface area (Å²) in [5, 5.41) is 8.67. The molecule has 166 valence electrons. The van der Waals surface area contributed by atoms with Crippen molar-refractivity contribution in [3.63, 3.8) is 0 Å². The van der Waals surface area contributed by atoms with E-state index in [2.05, 4.69) is 15.4 Å². The molecule has 0 saturated carbocycles. The minimum atomic E-state index is -0.487. The van der Waals surface area contributed by atoms with Gasteiger partial charge in [0.05, 0.1) is 16.5 Å². The molecule has 0 unspecified atom stereocenters. The van der Waals surface area contributed by atoms with Crippen LogP contribution in [0.1, 0.15) is 29.0 Å². The number of hydrogen-bond acceptors (Lipinski definition) is 6. The third-order valence-electron chi connectivity index (χ3n) is 5.33. The molecule has 9 nitrogen and oxygen atoms in total. The van der Waals surface area contributed by atoms with E-state index >= 15 is 0 Å². The Balaban J connectivity index is 1.76. The number of nitrogens with two attached hydrogens (primary N) is 1. The van der Waals surface area contributed by atoms with Crippen LogP contribution in [0.2, 0.25) is 5.02 Å². The third-order valence-corrected chi connectivity index (χ3v) is 5.65. The summed E-state index contributed by atoms with van der Waals surface area (Å²) in [4.78, 5) is 32.6. The van der Waals surface area contributed by atoms with Gasteiger partial charge in [0.1, 0.15) is 5.56 Å². The van der Waals surface area contributed by atoms with Crippen LogP contribution in [0, 0.1) is 0 Å². The second kappa shape index (κ2) is 8.60. The first-order valence-corrected chi connectivity index (χ1v) is 10.5. The molecule has 1 amide bonds. The average molecular weight is 454 g/mol. The van der Waals surface area contributed by atoms with Gasteiger partial charge in [-0.25, -0.2) is 9.50 Å². The molecule has 10 heteroatoms. The number of anilines is 1. The van der Waals surface area contributed by atoms with Crippen LogP contribution in [-0.2, 0) is 6.54 Å². The largest absolute Gasteiger partial charge is 0.381 e. The highest BCUT2D eigenvalue weighted by Gasteiger charge is 2.23. The molecular formula is C22H24ClN7O2. The van der Waals surface area contributed by atoms with Crippen LogP contribution in [0.3, 0.4) is 0 Å². The smallest absolute Gasteiger partial charge is 0.260 e. The number of carbonyl (C=O) groups is 1. The third kappa shape index (κ3) is 3.92. The maximum absolute atomic E-state index is 13.3. The van der Waals surface area contributed by atoms with Crippen molar-refractivity contribution in [3.8, 4) is 0 Å². The first-order valence-electron chi connectivity index (χ1n) is 10.1. The molecule has 32 heavy (non-hydrogen) atoms. The highest BCUT2D eigenvalue weighted by molar-refractivity contribution is 6.35. The molecule has 0 bridgehead atoms. The zero-order valence-corrected chi connectivity index (χ0v) is 18.8. The van der Waals surface area contributed by atoms with Gasteiger partial charge in [0.15, 0.2) is 11.5 Å². The number of hydrogen-bond donors (Lipinski definition) is 2. The van der Waals surface area contributed by atoms with Gasteiger partial charge >= 0.3 is 0 Å². The van der Waals surface area contributed by atoms with Gasteiger partial charge in [-0.3, -0.25) is 9.59 Å². The van der Waals surface area contributed by atoms with E-state index in [0.717, 1.165) is 5.39 Å². The molecule has 1 atom stereocenters. The molecule has 3 N–H and O–H groups in total. The number of likely N-dealkylation sites (N-methyl/N-ethyl adjacent to an activating group) is 1. The lowest BCUT2D eigenvalue weighted by Crippen LogP contribution is -2.34. The number of benzene rings is 1. The van der Waals surface area contributed by atoms with Gasteiger partial charge in [-0.1, -0.05) is 23.7 Å². The minimum absolute atomic E-state index is 0.0868. The lowest BCUT2D eigenvalue weighted by molar-refractivity contribution is 0.0940. The van der Waals surface area contributed by atoms with E-state index in [0.29, 0.717) is 34.8 Å². The topological polar surface area (TPSA) is 111 Å². The van der Waals surface area contributed by atoms with Crippen LogP contribution in [0.25, 0.3) is 16.4 Å². The molecule has 0 aliphatic heterocycles. The predicted octanol–water partition coefficient (Wildman–Crippen LogP) is 2.33. The number of amides is 1. The number of pyridine rings is 1. The van der Waals surface area contributed by atoms with Crippen LogP contribution in [0.4, 0.5) is 5.82 Å². The molecule has 3 aromatic heterocycles. The van der Waals surface area contributed by atoms with Gasteiger partial charge in [0, 0.05) is 31.2 Å². The number of fused-ring (bicyclic) bond motifs is 2. The van der Waals surface area contributed by atoms with Crippen molar-refractivity contribution >= 4 is 39.7 Å². The van der Waals surface area contributed by atoms with Crippen molar-refractivity contribution in [1.82, 2.24) is 29.4 Å². The van der Waals surface area contributed by atoms with Crippen molar-refractivity contribution in [3.05, 3.63) is 69.4 Å². The fourth-order valence-corrected chi connectivity index (χ4v) is 3.99. The Hall–Kier alpha value is -3.43. The van der Waals surface area contributed by atoms with Gasteiger partial charge in [0.2, 0.25) is 0 Å². The lowest BCUT2D eigenvalue weighted by atomic mass is 10.1. The molecule has 0 spiro atoms. The first kappa shape index (κ1) is 21.8. The maximum atomic E-state index is 13.3. The summed E-state index contributed by atoms with van der Waals surface area (Å²) < 4.78 is 3.12. The van der Waals surface area contributed by atoms with Crippen molar-refractivity contribution in [2.45, 2.75) is 19.5 Å². The Bertz CT molecular complexity index is 1380. The minimum Gasteiger partial charge on any atom is -0.381 e. The second-order valence-corrected chi connectivity index (χ2v) is 8.28. The number of carbonyl (C=O) groups excluding carboxylic acids is 1. The lowest BCUT2D eigenvalue weighted by Gasteiger charge is -2.22. The quantitative estimate of drug-likeness (QED) is 0.463. The maximum Gasteiger partial charge on any atom is 0.260 e. The Morgan fingerprint density at radius 3 is 2.84 bits per heavy atom. The van der Waals surface area contributed by atoms with Crippen molar-refractivity contribution < 1.29 is 4.79 Å². The highest BCUT2D eigenvalue weighted by atomic mass is 35.5. The van der Waals surface area contributed by atoms with Gasteiger partial charge in [-0.05, 0) is 44.6 Å². The number of aromatic nitrogens is 4. The van der Waals surface area contributed by atoms with Crippen molar-refractivity contribution in [2.24, 2.45) is 0 Å². The van der Waals surface area contributed by atoms with Gasteiger partial charge in [0.25, 0.3) is 11.5 Å². The molecule has 1 aromatic carbocycles. The second-order valence-electron chi connectivity index (χ2n) is 7.88. The zero-order valence-electron chi connectivity index (χ0n) is 18.0. The standard InChI is InChI=1S/C22H24ClN7O2/c1-13(26-21(31)18-19(24)27-30-9-5-8-25-20(18)30)16-12-14-6-4-7-15(23)17(14)22(32)29(16)11-10-28(2)3/h4-9,12-13H,10-11H2,1-3H3,(H2,24,27)(H,26,31)/t13-/m0/s1. The van der Waals surface area contributed by atoms with E-state index in [1.165, 1.54) is 4.52 Å². The molecule has 0 saturated heterocycles. The van der Waals surface area contributed by atoms with Crippen LogP contribution in [-0.4, -0.2) is 50.6 Å². The molecule has 4 rings (SSSR count). The van der Waals surface area contributed by atoms with E-state index in [-0.39, 0.29) is 16.9 Å². The van der Waals surface area contributed by atoms with E-state index in [4.69, 9.17) is 17.3 Å². The molecule has 0 aliphatic carbocycles. The zero-order chi connectivity index (χ0) is 23.0. The highest BCUT2D eigenvalue weighted by Crippen LogP contribution is 2.24. The van der Waals surface area contributed by atoms with Gasteiger partial charge < -0.3 is 20.5 Å².